The molecule has 42 heavy (non-hydrogen) atoms. The van der Waals surface area contributed by atoms with Crippen molar-refractivity contribution in [1.29, 1.82) is 0 Å². The molecule has 3 aliphatic rings. The quantitative estimate of drug-likeness (QED) is 0.387. The van der Waals surface area contributed by atoms with Crippen molar-refractivity contribution < 1.29 is 18.4 Å². The van der Waals surface area contributed by atoms with Crippen LogP contribution in [0.3, 0.4) is 0 Å². The fourth-order valence-electron chi connectivity index (χ4n) is 6.22. The average Bonchev–Trinajstić information content (AvgIpc) is 2.94. The van der Waals surface area contributed by atoms with Crippen molar-refractivity contribution in [2.75, 3.05) is 31.1 Å². The molecule has 2 N–H and O–H groups in total. The molecule has 2 aromatic carbocycles. The Morgan fingerprint density at radius 3 is 2.57 bits per heavy atom. The lowest BCUT2D eigenvalue weighted by atomic mass is 9.81. The molecule has 2 aliphatic heterocycles. The van der Waals surface area contributed by atoms with Gasteiger partial charge in [-0.3, -0.25) is 19.5 Å². The Bertz CT molecular complexity index is 1380. The number of likely N-dealkylation sites (tertiary alicyclic amines) is 1. The van der Waals surface area contributed by atoms with Crippen molar-refractivity contribution in [3.8, 4) is 0 Å². The van der Waals surface area contributed by atoms with Gasteiger partial charge in [-0.1, -0.05) is 43.0 Å². The molecule has 0 bridgehead atoms. The zero-order valence-electron chi connectivity index (χ0n) is 24.1. The van der Waals surface area contributed by atoms with Gasteiger partial charge in [-0.15, -0.1) is 0 Å². The number of nitrogens with zero attached hydrogens (tertiary/aromatic N) is 3. The number of benzene rings is 2. The number of aliphatic imine (C=N–C) groups is 1. The van der Waals surface area contributed by atoms with Crippen LogP contribution in [0.25, 0.3) is 0 Å². The highest BCUT2D eigenvalue weighted by atomic mass is 35.5. The van der Waals surface area contributed by atoms with E-state index in [1.54, 1.807) is 6.07 Å². The fourth-order valence-corrected chi connectivity index (χ4v) is 6.41. The second-order valence-corrected chi connectivity index (χ2v) is 12.6. The van der Waals surface area contributed by atoms with Gasteiger partial charge in [0.05, 0.1) is 29.9 Å². The Kier molecular flexibility index (Phi) is 9.11. The lowest BCUT2D eigenvalue weighted by Crippen LogP contribution is -2.72. The maximum atomic E-state index is 14.4. The van der Waals surface area contributed by atoms with Crippen molar-refractivity contribution >= 4 is 35.2 Å². The molecule has 0 radical (unpaired) electrons. The molecule has 0 spiro atoms. The van der Waals surface area contributed by atoms with Crippen LogP contribution in [-0.2, 0) is 15.1 Å². The Hall–Kier alpha value is -3.14. The van der Waals surface area contributed by atoms with Crippen molar-refractivity contribution in [2.24, 2.45) is 4.99 Å². The Morgan fingerprint density at radius 2 is 1.86 bits per heavy atom. The van der Waals surface area contributed by atoms with E-state index in [4.69, 9.17) is 11.6 Å². The maximum absolute atomic E-state index is 14.4. The first kappa shape index (κ1) is 30.3. The number of hydrogen-bond acceptors (Lipinski definition) is 6. The summed E-state index contributed by atoms with van der Waals surface area (Å²) in [4.78, 5) is 34.9. The van der Waals surface area contributed by atoms with Gasteiger partial charge in [-0.25, -0.2) is 8.78 Å². The van der Waals surface area contributed by atoms with Crippen LogP contribution in [0.1, 0.15) is 57.9 Å². The molecule has 2 heterocycles. The predicted octanol–water partition coefficient (Wildman–Crippen LogP) is 5.34. The van der Waals surface area contributed by atoms with E-state index in [2.05, 4.69) is 20.5 Å². The molecular weight excluding hydrogens is 560 g/mol. The number of carbonyl (C=O) groups is 2. The standard InChI is InChI=1S/C32H38ClF2N5O2/c1-31(2,22-7-6-8-23(33)15-22)38-30(42)17-32(20-40(21-32)25-9-4-3-5-10-25)37-18-29(41)27-19-39(14-13-36-27)28-12-11-24(34)16-26(28)35/h6-8,11-13,15-16,19,25,37H,3-5,9-10,14,17-18,20-21H2,1-2H3,(H,38,42). The van der Waals surface area contributed by atoms with E-state index >= 15 is 0 Å². The van der Waals surface area contributed by atoms with Gasteiger partial charge in [-0.2, -0.15) is 0 Å². The Morgan fingerprint density at radius 1 is 1.10 bits per heavy atom. The maximum Gasteiger partial charge on any atom is 0.222 e. The summed E-state index contributed by atoms with van der Waals surface area (Å²) >= 11 is 6.20. The number of rotatable bonds is 10. The third-order valence-corrected chi connectivity index (χ3v) is 8.75. The number of halogens is 3. The summed E-state index contributed by atoms with van der Waals surface area (Å²) in [5.74, 6) is -1.77. The van der Waals surface area contributed by atoms with E-state index in [0.717, 1.165) is 24.5 Å². The van der Waals surface area contributed by atoms with Crippen molar-refractivity contribution in [2.45, 2.75) is 69.5 Å². The third-order valence-electron chi connectivity index (χ3n) is 8.52. The van der Waals surface area contributed by atoms with Crippen LogP contribution in [-0.4, -0.2) is 60.6 Å². The summed E-state index contributed by atoms with van der Waals surface area (Å²) in [5, 5.41) is 7.17. The van der Waals surface area contributed by atoms with Gasteiger partial charge in [0, 0.05) is 49.1 Å². The van der Waals surface area contributed by atoms with Crippen molar-refractivity contribution in [3.63, 3.8) is 0 Å². The highest BCUT2D eigenvalue weighted by Crippen LogP contribution is 2.33. The van der Waals surface area contributed by atoms with Gasteiger partial charge in [0.1, 0.15) is 17.3 Å². The molecule has 2 fully saturated rings. The number of hydrogen-bond donors (Lipinski definition) is 2. The van der Waals surface area contributed by atoms with E-state index < -0.39 is 22.7 Å². The third kappa shape index (κ3) is 7.07. The molecule has 1 amide bonds. The summed E-state index contributed by atoms with van der Waals surface area (Å²) in [6.07, 6.45) is 9.23. The van der Waals surface area contributed by atoms with E-state index in [0.29, 0.717) is 24.2 Å². The molecule has 0 atom stereocenters. The van der Waals surface area contributed by atoms with Gasteiger partial charge >= 0.3 is 0 Å². The number of amides is 1. The number of nitrogens with one attached hydrogen (secondary N) is 2. The monoisotopic (exact) mass is 597 g/mol. The van der Waals surface area contributed by atoms with Gasteiger partial charge in [-0.05, 0) is 56.5 Å². The molecule has 2 aromatic rings. The molecule has 1 saturated carbocycles. The van der Waals surface area contributed by atoms with E-state index in [-0.39, 0.29) is 42.6 Å². The number of carbonyl (C=O) groups excluding carboxylic acids is 2. The lowest BCUT2D eigenvalue weighted by Gasteiger charge is -2.54. The topological polar surface area (TPSA) is 77.0 Å². The number of ketones is 1. The van der Waals surface area contributed by atoms with Crippen LogP contribution in [0.2, 0.25) is 5.02 Å². The summed E-state index contributed by atoms with van der Waals surface area (Å²) < 4.78 is 27.8. The van der Waals surface area contributed by atoms with Crippen LogP contribution in [0.4, 0.5) is 14.5 Å². The molecule has 0 aromatic heterocycles. The van der Waals surface area contributed by atoms with Crippen LogP contribution in [0, 0.1) is 11.6 Å². The normalized spacial score (nSPS) is 19.3. The zero-order chi connectivity index (χ0) is 29.9. The highest BCUT2D eigenvalue weighted by Gasteiger charge is 2.47. The zero-order valence-corrected chi connectivity index (χ0v) is 24.9. The minimum atomic E-state index is -0.714. The highest BCUT2D eigenvalue weighted by molar-refractivity contribution is 6.30. The molecule has 224 valence electrons. The number of Topliss-reactive ketones (excluding diaryl/α,β-unsaturated/α-hetero) is 1. The Balaban J connectivity index is 1.26. The molecule has 1 saturated heterocycles. The van der Waals surface area contributed by atoms with Crippen LogP contribution in [0.5, 0.6) is 0 Å². The van der Waals surface area contributed by atoms with Crippen LogP contribution >= 0.6 is 11.6 Å². The van der Waals surface area contributed by atoms with Gasteiger partial charge in [0.2, 0.25) is 5.91 Å². The van der Waals surface area contributed by atoms with Crippen LogP contribution < -0.4 is 15.5 Å². The van der Waals surface area contributed by atoms with Gasteiger partial charge in [0.15, 0.2) is 5.78 Å². The molecular formula is C32H38ClF2N5O2. The lowest BCUT2D eigenvalue weighted by molar-refractivity contribution is -0.128. The summed E-state index contributed by atoms with van der Waals surface area (Å²) in [5.41, 5.74) is 0.0405. The minimum Gasteiger partial charge on any atom is -0.347 e. The minimum absolute atomic E-state index is 0.0214. The number of anilines is 1. The van der Waals surface area contributed by atoms with E-state index in [9.17, 15) is 18.4 Å². The van der Waals surface area contributed by atoms with E-state index in [1.165, 1.54) is 48.7 Å². The summed E-state index contributed by atoms with van der Waals surface area (Å²) in [6.45, 7) is 5.47. The van der Waals surface area contributed by atoms with E-state index in [1.807, 2.05) is 32.0 Å². The molecule has 10 heteroatoms. The average molecular weight is 598 g/mol. The Labute approximate surface area is 251 Å². The molecule has 0 unspecified atom stereocenters. The summed E-state index contributed by atoms with van der Waals surface area (Å²) in [6, 6.07) is 11.3. The molecule has 5 rings (SSSR count). The molecule has 7 nitrogen and oxygen atoms in total. The SMILES string of the molecule is CC(C)(NC(=O)CC1(NCC(=O)C2=CN(c3ccc(F)cc3F)CC=N2)CN(C2CCCCC2)C1)c1cccc(Cl)c1. The smallest absolute Gasteiger partial charge is 0.222 e. The fraction of sp³-hybridized carbons (Fsp3) is 0.469. The second kappa shape index (κ2) is 12.6. The largest absolute Gasteiger partial charge is 0.347 e. The second-order valence-electron chi connectivity index (χ2n) is 12.2. The van der Waals surface area contributed by atoms with Crippen molar-refractivity contribution in [3.05, 3.63) is 76.6 Å². The van der Waals surface area contributed by atoms with Crippen molar-refractivity contribution in [1.82, 2.24) is 15.5 Å². The first-order valence-electron chi connectivity index (χ1n) is 14.6. The van der Waals surface area contributed by atoms with Gasteiger partial charge < -0.3 is 15.5 Å². The van der Waals surface area contributed by atoms with Crippen LogP contribution in [0.15, 0.2) is 59.4 Å². The summed E-state index contributed by atoms with van der Waals surface area (Å²) in [7, 11) is 0. The first-order chi connectivity index (χ1) is 20.0. The first-order valence-corrected chi connectivity index (χ1v) is 15.0. The molecule has 1 aliphatic carbocycles. The predicted molar refractivity (Wildman–Crippen MR) is 162 cm³/mol. The van der Waals surface area contributed by atoms with Gasteiger partial charge in [0.25, 0.3) is 0 Å².